The summed E-state index contributed by atoms with van der Waals surface area (Å²) in [6.45, 7) is 0.293. The van der Waals surface area contributed by atoms with Crippen LogP contribution in [0.3, 0.4) is 0 Å². The van der Waals surface area contributed by atoms with Gasteiger partial charge in [0.15, 0.2) is 0 Å². The van der Waals surface area contributed by atoms with Crippen LogP contribution in [-0.4, -0.2) is 78.4 Å². The van der Waals surface area contributed by atoms with Gasteiger partial charge in [-0.05, 0) is 37.1 Å². The Hall–Kier alpha value is -2.57. The molecule has 1 aromatic heterocycles. The molecule has 0 bridgehead atoms. The van der Waals surface area contributed by atoms with Crippen LogP contribution in [0.1, 0.15) is 25.7 Å². The van der Waals surface area contributed by atoms with Crippen molar-refractivity contribution in [2.75, 3.05) is 11.9 Å². The van der Waals surface area contributed by atoms with Crippen molar-refractivity contribution in [3.63, 3.8) is 0 Å². The van der Waals surface area contributed by atoms with E-state index in [-0.39, 0.29) is 5.91 Å². The van der Waals surface area contributed by atoms with E-state index in [1.165, 1.54) is 0 Å². The summed E-state index contributed by atoms with van der Waals surface area (Å²) in [7, 11) is 0. The quantitative estimate of drug-likeness (QED) is 0.314. The molecule has 1 saturated heterocycles. The second kappa shape index (κ2) is 11.2. The molecule has 0 saturated carbocycles. The summed E-state index contributed by atoms with van der Waals surface area (Å²) in [5, 5.41) is 49.2. The first-order valence-corrected chi connectivity index (χ1v) is 10.2. The fraction of sp³-hybridized carbons (Fsp3) is 0.550. The van der Waals surface area contributed by atoms with Crippen molar-refractivity contribution in [1.82, 2.24) is 14.8 Å². The number of carbonyl (C=O) groups excluding carboxylic acids is 1. The molecule has 0 aliphatic carbocycles. The molecule has 2 aromatic rings. The minimum atomic E-state index is -1.51. The number of amides is 1. The zero-order valence-corrected chi connectivity index (χ0v) is 16.9. The Labute approximate surface area is 179 Å². The third kappa shape index (κ3) is 6.45. The van der Waals surface area contributed by atoms with E-state index >= 15 is 0 Å². The van der Waals surface area contributed by atoms with E-state index in [1.54, 1.807) is 36.9 Å². The maximum absolute atomic E-state index is 12.1. The van der Waals surface area contributed by atoms with Crippen LogP contribution >= 0.6 is 0 Å². The van der Waals surface area contributed by atoms with Crippen LogP contribution in [0, 0.1) is 0 Å². The van der Waals surface area contributed by atoms with Crippen LogP contribution < -0.4 is 10.1 Å². The van der Waals surface area contributed by atoms with Crippen LogP contribution in [0.25, 0.3) is 0 Å². The highest BCUT2D eigenvalue weighted by molar-refractivity contribution is 5.90. The Balaban J connectivity index is 1.40. The summed E-state index contributed by atoms with van der Waals surface area (Å²) in [5.74, 6) is 0.239. The SMILES string of the molecule is O=C(CCCCCn1cnnc1)Nc1ccc(O[C@@H]2O[C@H](CO)[C@H](O)[C@H](O)[C@H]2O)cc1. The molecule has 170 valence electrons. The van der Waals surface area contributed by atoms with Crippen molar-refractivity contribution in [3.05, 3.63) is 36.9 Å². The average molecular weight is 436 g/mol. The van der Waals surface area contributed by atoms with Crippen molar-refractivity contribution >= 4 is 11.6 Å². The van der Waals surface area contributed by atoms with E-state index in [4.69, 9.17) is 9.47 Å². The van der Waals surface area contributed by atoms with E-state index in [0.29, 0.717) is 17.9 Å². The molecular formula is C20H28N4O7. The number of nitrogens with zero attached hydrogens (tertiary/aromatic N) is 3. The molecule has 1 aliphatic heterocycles. The van der Waals surface area contributed by atoms with Crippen LogP contribution in [0.4, 0.5) is 5.69 Å². The van der Waals surface area contributed by atoms with Gasteiger partial charge in [0, 0.05) is 18.7 Å². The number of benzene rings is 1. The Kier molecular flexibility index (Phi) is 8.32. The third-order valence-electron chi connectivity index (χ3n) is 5.03. The monoisotopic (exact) mass is 436 g/mol. The van der Waals surface area contributed by atoms with Gasteiger partial charge in [0.25, 0.3) is 0 Å². The van der Waals surface area contributed by atoms with Crippen LogP contribution in [-0.2, 0) is 16.1 Å². The first-order chi connectivity index (χ1) is 15.0. The molecule has 0 unspecified atom stereocenters. The molecule has 1 aliphatic rings. The van der Waals surface area contributed by atoms with Gasteiger partial charge in [0.1, 0.15) is 42.8 Å². The average Bonchev–Trinajstić information content (AvgIpc) is 3.29. The molecule has 3 rings (SSSR count). The van der Waals surface area contributed by atoms with Gasteiger partial charge in [-0.1, -0.05) is 6.42 Å². The van der Waals surface area contributed by atoms with Gasteiger partial charge in [-0.3, -0.25) is 4.79 Å². The molecule has 1 fully saturated rings. The van der Waals surface area contributed by atoms with E-state index in [1.807, 2.05) is 4.57 Å². The zero-order chi connectivity index (χ0) is 22.2. The number of unbranched alkanes of at least 4 members (excludes halogenated alkanes) is 2. The zero-order valence-electron chi connectivity index (χ0n) is 16.9. The smallest absolute Gasteiger partial charge is 0.229 e. The molecule has 11 heteroatoms. The second-order valence-electron chi connectivity index (χ2n) is 7.40. The minimum absolute atomic E-state index is 0.0908. The summed E-state index contributed by atoms with van der Waals surface area (Å²) in [6, 6.07) is 6.44. The number of nitrogens with one attached hydrogen (secondary N) is 1. The van der Waals surface area contributed by atoms with Crippen LogP contribution in [0.2, 0.25) is 0 Å². The molecule has 1 aromatic carbocycles. The highest BCUT2D eigenvalue weighted by Gasteiger charge is 2.44. The Bertz CT molecular complexity index is 800. The van der Waals surface area contributed by atoms with Gasteiger partial charge in [0.2, 0.25) is 12.2 Å². The maximum atomic E-state index is 12.1. The molecular weight excluding hydrogens is 408 g/mol. The van der Waals surface area contributed by atoms with E-state index in [9.17, 15) is 25.2 Å². The maximum Gasteiger partial charge on any atom is 0.229 e. The number of ether oxygens (including phenoxy) is 2. The fourth-order valence-corrected chi connectivity index (χ4v) is 3.23. The first kappa shape index (κ1) is 23.1. The predicted octanol–water partition coefficient (Wildman–Crippen LogP) is -0.344. The molecule has 2 heterocycles. The standard InChI is InChI=1S/C20H28N4O7/c25-10-15-17(27)18(28)19(29)20(31-15)30-14-7-5-13(6-8-14)23-16(26)4-2-1-3-9-24-11-21-22-12-24/h5-8,11-12,15,17-20,25,27-29H,1-4,9-10H2,(H,23,26)/t15-,17+,18+,19-,20-/m1/s1. The number of aliphatic hydroxyl groups excluding tert-OH is 4. The van der Waals surface area contributed by atoms with Gasteiger partial charge in [0.05, 0.1) is 6.61 Å². The topological polar surface area (TPSA) is 159 Å². The van der Waals surface area contributed by atoms with E-state index in [2.05, 4.69) is 15.5 Å². The molecule has 0 spiro atoms. The molecule has 11 nitrogen and oxygen atoms in total. The number of hydrogen-bond acceptors (Lipinski definition) is 9. The highest BCUT2D eigenvalue weighted by atomic mass is 16.7. The van der Waals surface area contributed by atoms with Gasteiger partial charge in [-0.25, -0.2) is 0 Å². The molecule has 31 heavy (non-hydrogen) atoms. The van der Waals surface area contributed by atoms with E-state index in [0.717, 1.165) is 25.8 Å². The largest absolute Gasteiger partial charge is 0.462 e. The summed E-state index contributed by atoms with van der Waals surface area (Å²) < 4.78 is 12.7. The summed E-state index contributed by atoms with van der Waals surface area (Å²) in [6.07, 6.45) is -0.374. The molecule has 5 N–H and O–H groups in total. The van der Waals surface area contributed by atoms with E-state index < -0.39 is 37.3 Å². The first-order valence-electron chi connectivity index (χ1n) is 10.2. The molecule has 0 radical (unpaired) electrons. The lowest BCUT2D eigenvalue weighted by atomic mass is 9.99. The van der Waals surface area contributed by atoms with Crippen molar-refractivity contribution in [1.29, 1.82) is 0 Å². The Morgan fingerprint density at radius 1 is 1.03 bits per heavy atom. The third-order valence-corrected chi connectivity index (χ3v) is 5.03. The molecule has 1 amide bonds. The summed E-state index contributed by atoms with van der Waals surface area (Å²) in [5.41, 5.74) is 0.593. The fourth-order valence-electron chi connectivity index (χ4n) is 3.23. The Morgan fingerprint density at radius 2 is 1.74 bits per heavy atom. The normalized spacial score (nSPS) is 25.9. The number of aliphatic hydroxyl groups is 4. The lowest BCUT2D eigenvalue weighted by Crippen LogP contribution is -2.60. The second-order valence-corrected chi connectivity index (χ2v) is 7.40. The molecule has 5 atom stereocenters. The van der Waals surface area contributed by atoms with Gasteiger partial charge < -0.3 is 39.8 Å². The van der Waals surface area contributed by atoms with Crippen molar-refractivity contribution in [3.8, 4) is 5.75 Å². The lowest BCUT2D eigenvalue weighted by molar-refractivity contribution is -0.277. The predicted molar refractivity (Wildman–Crippen MR) is 108 cm³/mol. The van der Waals surface area contributed by atoms with Gasteiger partial charge >= 0.3 is 0 Å². The number of rotatable bonds is 10. The number of anilines is 1. The minimum Gasteiger partial charge on any atom is -0.462 e. The highest BCUT2D eigenvalue weighted by Crippen LogP contribution is 2.25. The number of hydrogen-bond donors (Lipinski definition) is 5. The van der Waals surface area contributed by atoms with Gasteiger partial charge in [-0.15, -0.1) is 10.2 Å². The summed E-state index contributed by atoms with van der Waals surface area (Å²) >= 11 is 0. The van der Waals surface area contributed by atoms with Crippen molar-refractivity contribution in [2.45, 2.75) is 62.9 Å². The van der Waals surface area contributed by atoms with Crippen molar-refractivity contribution < 1.29 is 34.7 Å². The lowest BCUT2D eigenvalue weighted by Gasteiger charge is -2.39. The van der Waals surface area contributed by atoms with Crippen molar-refractivity contribution in [2.24, 2.45) is 0 Å². The van der Waals surface area contributed by atoms with Gasteiger partial charge in [-0.2, -0.15) is 0 Å². The Morgan fingerprint density at radius 3 is 2.42 bits per heavy atom. The number of aryl methyl sites for hydroxylation is 1. The summed E-state index contributed by atoms with van der Waals surface area (Å²) in [4.78, 5) is 12.1. The van der Waals surface area contributed by atoms with Crippen LogP contribution in [0.5, 0.6) is 5.75 Å². The number of carbonyl (C=O) groups is 1. The van der Waals surface area contributed by atoms with Crippen LogP contribution in [0.15, 0.2) is 36.9 Å². The number of aromatic nitrogens is 3.